The summed E-state index contributed by atoms with van der Waals surface area (Å²) in [6.45, 7) is 0. The van der Waals surface area contributed by atoms with Crippen LogP contribution in [-0.2, 0) is 19.1 Å². The molecule has 0 saturated heterocycles. The largest absolute Gasteiger partial charge is 0.465 e. The Morgan fingerprint density at radius 1 is 1.19 bits per heavy atom. The van der Waals surface area contributed by atoms with Gasteiger partial charge in [-0.2, -0.15) is 0 Å². The van der Waals surface area contributed by atoms with Crippen molar-refractivity contribution in [2.24, 2.45) is 0 Å². The predicted molar refractivity (Wildman–Crippen MR) is 103 cm³/mol. The van der Waals surface area contributed by atoms with Crippen LogP contribution in [0, 0.1) is 10.1 Å². The summed E-state index contributed by atoms with van der Waals surface area (Å²) in [5.74, 6) is -1.75. The molecular formula is C16H11BrCl2N2O6. The number of rotatable bonds is 4. The summed E-state index contributed by atoms with van der Waals surface area (Å²) in [6.07, 6.45) is 5.60. The molecule has 27 heavy (non-hydrogen) atoms. The van der Waals surface area contributed by atoms with Crippen LogP contribution in [0.25, 0.3) is 0 Å². The van der Waals surface area contributed by atoms with Crippen molar-refractivity contribution in [3.8, 4) is 0 Å². The third-order valence-corrected chi connectivity index (χ3v) is 5.23. The molecular weight excluding hydrogens is 467 g/mol. The lowest BCUT2D eigenvalue weighted by Crippen LogP contribution is -2.27. The topological polar surface area (TPSA) is 99.0 Å². The number of nitro groups is 1. The second kappa shape index (κ2) is 8.55. The molecule has 0 aliphatic carbocycles. The van der Waals surface area contributed by atoms with Gasteiger partial charge >= 0.3 is 11.9 Å². The van der Waals surface area contributed by atoms with Crippen LogP contribution in [0.3, 0.4) is 0 Å². The Balaban J connectivity index is 2.91. The van der Waals surface area contributed by atoms with Gasteiger partial charge in [0.1, 0.15) is 11.4 Å². The lowest BCUT2D eigenvalue weighted by atomic mass is 10.1. The molecule has 0 unspecified atom stereocenters. The second-order valence-electron chi connectivity index (χ2n) is 4.93. The first-order valence-electron chi connectivity index (χ1n) is 7.11. The third kappa shape index (κ3) is 4.00. The van der Waals surface area contributed by atoms with Crippen LogP contribution < -0.4 is 4.90 Å². The van der Waals surface area contributed by atoms with E-state index in [1.807, 2.05) is 0 Å². The molecule has 0 amide bonds. The SMILES string of the molecule is COC(=O)C1=C(C(=O)OC)N(c2c([N+](=O)[O-])cc(Cl)c(Cl)c2Br)C=CC=C1. The average Bonchev–Trinajstić information content (AvgIpc) is 2.87. The first kappa shape index (κ1) is 20.9. The number of methoxy groups -OCH3 is 2. The fraction of sp³-hybridized carbons (Fsp3) is 0.125. The summed E-state index contributed by atoms with van der Waals surface area (Å²) in [6, 6.07) is 1.04. The van der Waals surface area contributed by atoms with Crippen LogP contribution in [0.4, 0.5) is 11.4 Å². The van der Waals surface area contributed by atoms with E-state index in [-0.39, 0.29) is 31.5 Å². The van der Waals surface area contributed by atoms with Gasteiger partial charge in [-0.1, -0.05) is 29.3 Å². The van der Waals surface area contributed by atoms with Gasteiger partial charge in [0.05, 0.1) is 39.2 Å². The Hall–Kier alpha value is -2.36. The molecule has 0 saturated carbocycles. The maximum Gasteiger partial charge on any atom is 0.355 e. The van der Waals surface area contributed by atoms with Gasteiger partial charge in [0, 0.05) is 12.3 Å². The lowest BCUT2D eigenvalue weighted by molar-refractivity contribution is -0.384. The number of halogens is 3. The number of hydrogen-bond donors (Lipinski definition) is 0. The molecule has 2 rings (SSSR count). The molecule has 0 N–H and O–H groups in total. The van der Waals surface area contributed by atoms with Gasteiger partial charge in [0.15, 0.2) is 0 Å². The zero-order valence-corrected chi connectivity index (χ0v) is 17.0. The highest BCUT2D eigenvalue weighted by Gasteiger charge is 2.34. The summed E-state index contributed by atoms with van der Waals surface area (Å²) >= 11 is 15.2. The number of carbonyl (C=O) groups is 2. The second-order valence-corrected chi connectivity index (χ2v) is 6.51. The van der Waals surface area contributed by atoms with Gasteiger partial charge in [-0.05, 0) is 28.1 Å². The summed E-state index contributed by atoms with van der Waals surface area (Å²) in [5.41, 5.74) is -1.03. The molecule has 0 spiro atoms. The minimum atomic E-state index is -0.918. The number of nitro benzene ring substituents is 1. The van der Waals surface area contributed by atoms with E-state index in [4.69, 9.17) is 32.7 Å². The molecule has 1 aliphatic heterocycles. The van der Waals surface area contributed by atoms with Gasteiger partial charge in [-0.3, -0.25) is 10.1 Å². The van der Waals surface area contributed by atoms with Gasteiger partial charge < -0.3 is 14.4 Å². The minimum absolute atomic E-state index is 0.00768. The molecule has 0 radical (unpaired) electrons. The maximum absolute atomic E-state index is 12.4. The van der Waals surface area contributed by atoms with Gasteiger partial charge in [-0.25, -0.2) is 9.59 Å². The molecule has 142 valence electrons. The number of esters is 2. The Bertz CT molecular complexity index is 926. The van der Waals surface area contributed by atoms with Crippen LogP contribution in [0.15, 0.2) is 46.2 Å². The number of nitrogens with zero attached hydrogens (tertiary/aromatic N) is 2. The molecule has 11 heteroatoms. The summed E-state index contributed by atoms with van der Waals surface area (Å²) < 4.78 is 9.52. The monoisotopic (exact) mass is 476 g/mol. The van der Waals surface area contributed by atoms with E-state index >= 15 is 0 Å². The standard InChI is InChI=1S/C16H11BrCl2N2O6/c1-26-15(22)8-5-3-4-6-20(13(8)16(23)27-2)14-10(21(24)25)7-9(18)12(19)11(14)17/h3-7H,1-2H3. The Morgan fingerprint density at radius 3 is 2.37 bits per heavy atom. The van der Waals surface area contributed by atoms with Crippen molar-refractivity contribution < 1.29 is 24.0 Å². The minimum Gasteiger partial charge on any atom is -0.465 e. The quantitative estimate of drug-likeness (QED) is 0.278. The van der Waals surface area contributed by atoms with Crippen molar-refractivity contribution in [2.75, 3.05) is 19.1 Å². The van der Waals surface area contributed by atoms with Gasteiger partial charge in [0.2, 0.25) is 0 Å². The smallest absolute Gasteiger partial charge is 0.355 e. The van der Waals surface area contributed by atoms with Gasteiger partial charge in [0.25, 0.3) is 5.69 Å². The van der Waals surface area contributed by atoms with E-state index in [9.17, 15) is 19.7 Å². The Kier molecular flexibility index (Phi) is 6.63. The first-order valence-corrected chi connectivity index (χ1v) is 8.66. The number of anilines is 1. The fourth-order valence-corrected chi connectivity index (χ4v) is 3.34. The highest BCUT2D eigenvalue weighted by molar-refractivity contribution is 9.10. The Labute approximate surface area is 171 Å². The molecule has 0 aromatic heterocycles. The van der Waals surface area contributed by atoms with Crippen molar-refractivity contribution in [1.29, 1.82) is 0 Å². The molecule has 0 fully saturated rings. The van der Waals surface area contributed by atoms with Crippen LogP contribution >= 0.6 is 39.1 Å². The van der Waals surface area contributed by atoms with Gasteiger partial charge in [-0.15, -0.1) is 0 Å². The van der Waals surface area contributed by atoms with Crippen molar-refractivity contribution in [3.05, 3.63) is 66.4 Å². The molecule has 0 bridgehead atoms. The first-order chi connectivity index (χ1) is 12.7. The molecule has 1 aromatic rings. The number of allylic oxidation sites excluding steroid dienone is 2. The molecule has 0 atom stereocenters. The third-order valence-electron chi connectivity index (χ3n) is 3.44. The van der Waals surface area contributed by atoms with Crippen LogP contribution in [0.5, 0.6) is 0 Å². The summed E-state index contributed by atoms with van der Waals surface area (Å²) in [7, 11) is 2.25. The lowest BCUT2D eigenvalue weighted by Gasteiger charge is -2.24. The number of hydrogen-bond acceptors (Lipinski definition) is 7. The summed E-state index contributed by atoms with van der Waals surface area (Å²) in [5, 5.41) is 11.5. The van der Waals surface area contributed by atoms with Crippen LogP contribution in [0.2, 0.25) is 10.0 Å². The van der Waals surface area contributed by atoms with Crippen molar-refractivity contribution >= 4 is 62.4 Å². The van der Waals surface area contributed by atoms with Crippen molar-refractivity contribution in [1.82, 2.24) is 0 Å². The zero-order valence-electron chi connectivity index (χ0n) is 13.9. The highest BCUT2D eigenvalue weighted by atomic mass is 79.9. The van der Waals surface area contributed by atoms with Crippen molar-refractivity contribution in [3.63, 3.8) is 0 Å². The average molecular weight is 478 g/mol. The normalized spacial score (nSPS) is 13.4. The summed E-state index contributed by atoms with van der Waals surface area (Å²) in [4.78, 5) is 36.6. The molecule has 1 aromatic carbocycles. The number of benzene rings is 1. The fourth-order valence-electron chi connectivity index (χ4n) is 2.28. The van der Waals surface area contributed by atoms with E-state index in [0.29, 0.717) is 0 Å². The molecule has 8 nitrogen and oxygen atoms in total. The predicted octanol–water partition coefficient (Wildman–Crippen LogP) is 4.15. The zero-order chi connectivity index (χ0) is 20.3. The number of ether oxygens (including phenoxy) is 2. The highest BCUT2D eigenvalue weighted by Crippen LogP contribution is 2.46. The van der Waals surface area contributed by atoms with E-state index in [0.717, 1.165) is 25.2 Å². The van der Waals surface area contributed by atoms with Crippen LogP contribution in [0.1, 0.15) is 0 Å². The maximum atomic E-state index is 12.4. The van der Waals surface area contributed by atoms with Crippen LogP contribution in [-0.4, -0.2) is 31.1 Å². The molecule has 1 aliphatic rings. The molecule has 1 heterocycles. The van der Waals surface area contributed by atoms with E-state index in [2.05, 4.69) is 15.9 Å². The van der Waals surface area contributed by atoms with E-state index in [1.165, 1.54) is 24.4 Å². The van der Waals surface area contributed by atoms with Crippen molar-refractivity contribution in [2.45, 2.75) is 0 Å². The van der Waals surface area contributed by atoms with E-state index in [1.54, 1.807) is 0 Å². The number of carbonyl (C=O) groups excluding carboxylic acids is 2. The Morgan fingerprint density at radius 2 is 1.81 bits per heavy atom. The van der Waals surface area contributed by atoms with E-state index < -0.39 is 22.5 Å².